The van der Waals surface area contributed by atoms with Gasteiger partial charge in [-0.05, 0) is 25.0 Å². The highest BCUT2D eigenvalue weighted by Gasteiger charge is 2.23. The Morgan fingerprint density at radius 2 is 2.05 bits per heavy atom. The van der Waals surface area contributed by atoms with Crippen LogP contribution in [0.3, 0.4) is 0 Å². The molecule has 1 aliphatic rings. The minimum Gasteiger partial charge on any atom is -0.484 e. The lowest BCUT2D eigenvalue weighted by Gasteiger charge is -2.14. The standard InChI is InChI=1S/C14H18N2O2S/c15-13(19)9-18-12-8-4-3-7-11(12)16-14(17)10-5-1-2-6-10/h3-4,7-8,10H,1-2,5-6,9H2,(H2,15,19)(H,16,17). The first kappa shape index (κ1) is 13.8. The van der Waals surface area contributed by atoms with Crippen LogP contribution in [0.4, 0.5) is 5.69 Å². The Kier molecular flexibility index (Phi) is 4.74. The van der Waals surface area contributed by atoms with Gasteiger partial charge in [-0.1, -0.05) is 37.2 Å². The Labute approximate surface area is 118 Å². The molecule has 1 aromatic carbocycles. The summed E-state index contributed by atoms with van der Waals surface area (Å²) >= 11 is 4.78. The molecule has 19 heavy (non-hydrogen) atoms. The van der Waals surface area contributed by atoms with Gasteiger partial charge >= 0.3 is 0 Å². The summed E-state index contributed by atoms with van der Waals surface area (Å²) in [6.07, 6.45) is 4.22. The quantitative estimate of drug-likeness (QED) is 0.812. The molecule has 1 amide bonds. The Hall–Kier alpha value is -1.62. The number of carbonyl (C=O) groups is 1. The molecule has 0 atom stereocenters. The van der Waals surface area contributed by atoms with E-state index >= 15 is 0 Å². The molecule has 0 radical (unpaired) electrons. The molecular weight excluding hydrogens is 260 g/mol. The van der Waals surface area contributed by atoms with Gasteiger partial charge in [0.25, 0.3) is 0 Å². The SMILES string of the molecule is NC(=S)COc1ccccc1NC(=O)C1CCCC1. The van der Waals surface area contributed by atoms with Crippen LogP contribution in [0.15, 0.2) is 24.3 Å². The van der Waals surface area contributed by atoms with E-state index in [1.165, 1.54) is 0 Å². The van der Waals surface area contributed by atoms with Crippen molar-refractivity contribution in [2.24, 2.45) is 11.7 Å². The molecule has 3 N–H and O–H groups in total. The normalized spacial score (nSPS) is 15.2. The summed E-state index contributed by atoms with van der Waals surface area (Å²) in [6, 6.07) is 7.32. The van der Waals surface area contributed by atoms with Crippen molar-refractivity contribution in [3.63, 3.8) is 0 Å². The van der Waals surface area contributed by atoms with Gasteiger partial charge < -0.3 is 15.8 Å². The summed E-state index contributed by atoms with van der Waals surface area (Å²) in [4.78, 5) is 12.4. The minimum absolute atomic E-state index is 0.0730. The van der Waals surface area contributed by atoms with Gasteiger partial charge in [-0.3, -0.25) is 4.79 Å². The van der Waals surface area contributed by atoms with E-state index in [4.69, 9.17) is 22.7 Å². The van der Waals surface area contributed by atoms with Crippen molar-refractivity contribution < 1.29 is 9.53 Å². The second-order valence-electron chi connectivity index (χ2n) is 4.72. The van der Waals surface area contributed by atoms with Crippen molar-refractivity contribution in [1.29, 1.82) is 0 Å². The lowest BCUT2D eigenvalue weighted by molar-refractivity contribution is -0.119. The molecule has 1 aromatic rings. The van der Waals surface area contributed by atoms with Crippen LogP contribution in [0.2, 0.25) is 0 Å². The van der Waals surface area contributed by atoms with Crippen molar-refractivity contribution in [2.75, 3.05) is 11.9 Å². The number of benzene rings is 1. The first-order valence-electron chi connectivity index (χ1n) is 6.48. The molecule has 4 nitrogen and oxygen atoms in total. The van der Waals surface area contributed by atoms with Crippen LogP contribution in [0.25, 0.3) is 0 Å². The number of anilines is 1. The van der Waals surface area contributed by atoms with Gasteiger partial charge in [0, 0.05) is 5.92 Å². The van der Waals surface area contributed by atoms with E-state index in [1.807, 2.05) is 18.2 Å². The van der Waals surface area contributed by atoms with Gasteiger partial charge in [0.05, 0.1) is 5.69 Å². The van der Waals surface area contributed by atoms with Crippen LogP contribution in [-0.2, 0) is 4.79 Å². The average Bonchev–Trinajstić information content (AvgIpc) is 2.91. The number of nitrogens with two attached hydrogens (primary N) is 1. The van der Waals surface area contributed by atoms with Gasteiger partial charge in [-0.25, -0.2) is 0 Å². The highest BCUT2D eigenvalue weighted by Crippen LogP contribution is 2.29. The van der Waals surface area contributed by atoms with Gasteiger partial charge in [-0.15, -0.1) is 0 Å². The zero-order chi connectivity index (χ0) is 13.7. The zero-order valence-corrected chi connectivity index (χ0v) is 11.5. The monoisotopic (exact) mass is 278 g/mol. The van der Waals surface area contributed by atoms with E-state index in [0.717, 1.165) is 25.7 Å². The van der Waals surface area contributed by atoms with Crippen LogP contribution in [0.1, 0.15) is 25.7 Å². The second kappa shape index (κ2) is 6.52. The third-order valence-electron chi connectivity index (χ3n) is 3.24. The fourth-order valence-corrected chi connectivity index (χ4v) is 2.33. The number of hydrogen-bond donors (Lipinski definition) is 2. The Bertz CT molecular complexity index is 470. The Morgan fingerprint density at radius 3 is 2.74 bits per heavy atom. The van der Waals surface area contributed by atoms with Crippen molar-refractivity contribution >= 4 is 28.8 Å². The Morgan fingerprint density at radius 1 is 1.37 bits per heavy atom. The van der Waals surface area contributed by atoms with Gasteiger partial charge in [0.1, 0.15) is 17.3 Å². The van der Waals surface area contributed by atoms with Crippen molar-refractivity contribution in [2.45, 2.75) is 25.7 Å². The fourth-order valence-electron chi connectivity index (χ4n) is 2.27. The van der Waals surface area contributed by atoms with Crippen LogP contribution < -0.4 is 15.8 Å². The fraction of sp³-hybridized carbons (Fsp3) is 0.429. The first-order chi connectivity index (χ1) is 9.16. The maximum Gasteiger partial charge on any atom is 0.227 e. The summed E-state index contributed by atoms with van der Waals surface area (Å²) in [7, 11) is 0. The molecule has 0 spiro atoms. The van der Waals surface area contributed by atoms with Crippen LogP contribution in [-0.4, -0.2) is 17.5 Å². The molecule has 0 unspecified atom stereocenters. The van der Waals surface area contributed by atoms with E-state index in [-0.39, 0.29) is 23.4 Å². The number of carbonyl (C=O) groups excluding carboxylic acids is 1. The number of rotatable bonds is 5. The third-order valence-corrected chi connectivity index (χ3v) is 3.36. The molecule has 2 rings (SSSR count). The molecule has 1 aliphatic carbocycles. The molecule has 102 valence electrons. The molecule has 0 bridgehead atoms. The molecule has 1 fully saturated rings. The highest BCUT2D eigenvalue weighted by atomic mass is 32.1. The topological polar surface area (TPSA) is 64.3 Å². The number of ether oxygens (including phenoxy) is 1. The number of nitrogens with one attached hydrogen (secondary N) is 1. The second-order valence-corrected chi connectivity index (χ2v) is 5.25. The van der Waals surface area contributed by atoms with Crippen molar-refractivity contribution in [1.82, 2.24) is 0 Å². The lowest BCUT2D eigenvalue weighted by Crippen LogP contribution is -2.22. The summed E-state index contributed by atoms with van der Waals surface area (Å²) < 4.78 is 5.48. The highest BCUT2D eigenvalue weighted by molar-refractivity contribution is 7.80. The van der Waals surface area contributed by atoms with E-state index < -0.39 is 0 Å². The van der Waals surface area contributed by atoms with Crippen LogP contribution in [0, 0.1) is 5.92 Å². The first-order valence-corrected chi connectivity index (χ1v) is 6.88. The van der Waals surface area contributed by atoms with Crippen molar-refractivity contribution in [3.8, 4) is 5.75 Å². The summed E-state index contributed by atoms with van der Waals surface area (Å²) in [6.45, 7) is 0.172. The molecule has 0 heterocycles. The van der Waals surface area contributed by atoms with Crippen molar-refractivity contribution in [3.05, 3.63) is 24.3 Å². The minimum atomic E-state index is 0.0730. The van der Waals surface area contributed by atoms with Gasteiger partial charge in [-0.2, -0.15) is 0 Å². The van der Waals surface area contributed by atoms with E-state index in [0.29, 0.717) is 11.4 Å². The van der Waals surface area contributed by atoms with Gasteiger partial charge in [0.2, 0.25) is 5.91 Å². The number of para-hydroxylation sites is 2. The predicted octanol–water partition coefficient (Wildman–Crippen LogP) is 2.48. The van der Waals surface area contributed by atoms with E-state index in [9.17, 15) is 4.79 Å². The Balaban J connectivity index is 2.02. The average molecular weight is 278 g/mol. The molecule has 0 saturated heterocycles. The molecule has 1 saturated carbocycles. The molecule has 0 aliphatic heterocycles. The maximum absolute atomic E-state index is 12.1. The third kappa shape index (κ3) is 3.92. The van der Waals surface area contributed by atoms with E-state index in [1.54, 1.807) is 6.07 Å². The smallest absolute Gasteiger partial charge is 0.227 e. The lowest BCUT2D eigenvalue weighted by atomic mass is 10.1. The van der Waals surface area contributed by atoms with Crippen LogP contribution >= 0.6 is 12.2 Å². The number of hydrogen-bond acceptors (Lipinski definition) is 3. The number of thiocarbonyl (C=S) groups is 1. The summed E-state index contributed by atoms with van der Waals surface area (Å²) in [5, 5.41) is 2.93. The molecular formula is C14H18N2O2S. The van der Waals surface area contributed by atoms with Crippen LogP contribution in [0.5, 0.6) is 5.75 Å². The van der Waals surface area contributed by atoms with Gasteiger partial charge in [0.15, 0.2) is 0 Å². The zero-order valence-electron chi connectivity index (χ0n) is 10.7. The predicted molar refractivity (Wildman–Crippen MR) is 79.3 cm³/mol. The largest absolute Gasteiger partial charge is 0.484 e. The molecule has 5 heteroatoms. The summed E-state index contributed by atoms with van der Waals surface area (Å²) in [5.74, 6) is 0.800. The summed E-state index contributed by atoms with van der Waals surface area (Å²) in [5.41, 5.74) is 6.09. The van der Waals surface area contributed by atoms with E-state index in [2.05, 4.69) is 5.32 Å². The maximum atomic E-state index is 12.1. The molecule has 0 aromatic heterocycles. The number of amides is 1.